The van der Waals surface area contributed by atoms with E-state index in [4.69, 9.17) is 11.6 Å². The maximum Gasteiger partial charge on any atom is 0.215 e. The fourth-order valence-electron chi connectivity index (χ4n) is 2.26. The van der Waals surface area contributed by atoms with Crippen LogP contribution in [0.4, 0.5) is 0 Å². The number of halogens is 2. The molecule has 0 spiro atoms. The molecule has 0 saturated carbocycles. The Morgan fingerprint density at radius 2 is 1.82 bits per heavy atom. The molecule has 0 atom stereocenters. The number of benzene rings is 2. The van der Waals surface area contributed by atoms with E-state index in [1.165, 1.54) is 0 Å². The zero-order valence-electron chi connectivity index (χ0n) is 11.8. The second kappa shape index (κ2) is 6.07. The van der Waals surface area contributed by atoms with Gasteiger partial charge in [-0.15, -0.1) is 0 Å². The van der Waals surface area contributed by atoms with Crippen LogP contribution in [0.1, 0.15) is 0 Å². The number of hydrogen-bond donors (Lipinski definition) is 0. The first kappa shape index (κ1) is 15.0. The van der Waals surface area contributed by atoms with E-state index in [0.29, 0.717) is 16.3 Å². The summed E-state index contributed by atoms with van der Waals surface area (Å²) in [6, 6.07) is 14.8. The predicted octanol–water partition coefficient (Wildman–Crippen LogP) is 4.53. The third kappa shape index (κ3) is 2.98. The normalized spacial score (nSPS) is 10.7. The highest BCUT2D eigenvalue weighted by Gasteiger charge is 2.12. The molecule has 110 valence electrons. The molecule has 3 nitrogen and oxygen atoms in total. The predicted molar refractivity (Wildman–Crippen MR) is 93.1 cm³/mol. The van der Waals surface area contributed by atoms with Gasteiger partial charge in [-0.1, -0.05) is 51.8 Å². The lowest BCUT2D eigenvalue weighted by molar-refractivity contribution is 0.741. The van der Waals surface area contributed by atoms with Crippen molar-refractivity contribution in [3.05, 3.63) is 74.4 Å². The van der Waals surface area contributed by atoms with Crippen molar-refractivity contribution in [2.45, 2.75) is 0 Å². The van der Waals surface area contributed by atoms with E-state index in [2.05, 4.69) is 21.0 Å². The molecule has 0 unspecified atom stereocenters. The topological polar surface area (TPSA) is 34.9 Å². The number of rotatable bonds is 2. The monoisotopic (exact) mass is 374 g/mol. The highest BCUT2D eigenvalue weighted by atomic mass is 79.9. The summed E-state index contributed by atoms with van der Waals surface area (Å²) in [5.41, 5.74) is 2.54. The van der Waals surface area contributed by atoms with Crippen molar-refractivity contribution in [2.75, 3.05) is 0 Å². The van der Waals surface area contributed by atoms with E-state index < -0.39 is 0 Å². The van der Waals surface area contributed by atoms with Crippen LogP contribution < -0.4 is 5.43 Å². The molecule has 2 aromatic carbocycles. The summed E-state index contributed by atoms with van der Waals surface area (Å²) in [6.07, 6.45) is 1.73. The Morgan fingerprint density at radius 1 is 1.09 bits per heavy atom. The summed E-state index contributed by atoms with van der Waals surface area (Å²) in [4.78, 5) is 12.8. The highest BCUT2D eigenvalue weighted by Crippen LogP contribution is 2.22. The van der Waals surface area contributed by atoms with E-state index in [1.54, 1.807) is 30.1 Å². The second-order valence-electron chi connectivity index (χ2n) is 4.91. The van der Waals surface area contributed by atoms with Gasteiger partial charge in [0, 0.05) is 33.9 Å². The van der Waals surface area contributed by atoms with E-state index in [1.807, 2.05) is 36.4 Å². The lowest BCUT2D eigenvalue weighted by atomic mass is 10.0. The molecular formula is C17H12BrClN2O. The second-order valence-corrected chi connectivity index (χ2v) is 6.26. The Kier molecular flexibility index (Phi) is 4.14. The van der Waals surface area contributed by atoms with Gasteiger partial charge in [0.05, 0.1) is 0 Å². The summed E-state index contributed by atoms with van der Waals surface area (Å²) >= 11 is 9.34. The summed E-state index contributed by atoms with van der Waals surface area (Å²) in [7, 11) is 1.81. The minimum Gasteiger partial charge on any atom is -0.287 e. The van der Waals surface area contributed by atoms with Crippen molar-refractivity contribution < 1.29 is 0 Å². The van der Waals surface area contributed by atoms with Gasteiger partial charge in [0.25, 0.3) is 0 Å². The Hall–Kier alpha value is -1.91. The summed E-state index contributed by atoms with van der Waals surface area (Å²) < 4.78 is 2.56. The molecule has 22 heavy (non-hydrogen) atoms. The van der Waals surface area contributed by atoms with Crippen LogP contribution in [0.5, 0.6) is 0 Å². The number of aryl methyl sites for hydroxylation is 1. The maximum absolute atomic E-state index is 12.8. The largest absolute Gasteiger partial charge is 0.287 e. The first-order valence-corrected chi connectivity index (χ1v) is 7.81. The third-order valence-corrected chi connectivity index (χ3v) is 4.03. The number of hydrogen-bond acceptors (Lipinski definition) is 2. The van der Waals surface area contributed by atoms with Crippen LogP contribution in [0.25, 0.3) is 22.4 Å². The average molecular weight is 376 g/mol. The lowest BCUT2D eigenvalue weighted by Gasteiger charge is -2.08. The zero-order valence-corrected chi connectivity index (χ0v) is 14.1. The Morgan fingerprint density at radius 3 is 2.50 bits per heavy atom. The van der Waals surface area contributed by atoms with Gasteiger partial charge in [-0.25, -0.2) is 0 Å². The van der Waals surface area contributed by atoms with Crippen LogP contribution in [0.3, 0.4) is 0 Å². The van der Waals surface area contributed by atoms with Crippen LogP contribution in [0.2, 0.25) is 5.02 Å². The van der Waals surface area contributed by atoms with Crippen LogP contribution in [-0.2, 0) is 7.05 Å². The highest BCUT2D eigenvalue weighted by molar-refractivity contribution is 9.10. The zero-order chi connectivity index (χ0) is 15.7. The molecule has 0 radical (unpaired) electrons. The van der Waals surface area contributed by atoms with Gasteiger partial charge in [0.15, 0.2) is 0 Å². The van der Waals surface area contributed by atoms with Crippen molar-refractivity contribution in [3.63, 3.8) is 0 Å². The van der Waals surface area contributed by atoms with Crippen LogP contribution in [-0.4, -0.2) is 9.78 Å². The molecule has 0 amide bonds. The van der Waals surface area contributed by atoms with E-state index in [0.717, 1.165) is 15.6 Å². The molecule has 0 saturated heterocycles. The minimum atomic E-state index is -0.0986. The Bertz CT molecular complexity index is 888. The SMILES string of the molecule is Cn1cc(-c2ccc(Cl)cc2)c(=O)c(-c2cccc(Br)c2)n1. The molecule has 0 aliphatic carbocycles. The minimum absolute atomic E-state index is 0.0986. The van der Waals surface area contributed by atoms with Gasteiger partial charge in [0.2, 0.25) is 5.43 Å². The molecule has 0 bridgehead atoms. The van der Waals surface area contributed by atoms with Gasteiger partial charge in [-0.2, -0.15) is 5.10 Å². The van der Waals surface area contributed by atoms with Gasteiger partial charge in [-0.05, 0) is 29.8 Å². The van der Waals surface area contributed by atoms with Crippen LogP contribution >= 0.6 is 27.5 Å². The van der Waals surface area contributed by atoms with Crippen molar-refractivity contribution in [1.29, 1.82) is 0 Å². The number of aromatic nitrogens is 2. The molecule has 1 heterocycles. The lowest BCUT2D eigenvalue weighted by Crippen LogP contribution is -2.15. The molecular weight excluding hydrogens is 364 g/mol. The van der Waals surface area contributed by atoms with E-state index in [-0.39, 0.29) is 5.43 Å². The van der Waals surface area contributed by atoms with Crippen molar-refractivity contribution in [2.24, 2.45) is 7.05 Å². The molecule has 0 N–H and O–H groups in total. The number of nitrogens with zero attached hydrogens (tertiary/aromatic N) is 2. The molecule has 3 rings (SSSR count). The summed E-state index contributed by atoms with van der Waals surface area (Å²) in [6.45, 7) is 0. The van der Waals surface area contributed by atoms with Gasteiger partial charge < -0.3 is 0 Å². The van der Waals surface area contributed by atoms with E-state index >= 15 is 0 Å². The molecule has 1 aromatic heterocycles. The van der Waals surface area contributed by atoms with Crippen LogP contribution in [0.15, 0.2) is 64.0 Å². The molecule has 5 heteroatoms. The fraction of sp³-hybridized carbons (Fsp3) is 0.0588. The third-order valence-electron chi connectivity index (χ3n) is 3.29. The van der Waals surface area contributed by atoms with Gasteiger partial charge in [-0.3, -0.25) is 9.48 Å². The average Bonchev–Trinajstić information content (AvgIpc) is 2.50. The molecule has 0 fully saturated rings. The standard InChI is InChI=1S/C17H12BrClN2O/c1-21-10-15(11-5-7-14(19)8-6-11)17(22)16(20-21)12-3-2-4-13(18)9-12/h2-10H,1H3. The fourth-order valence-corrected chi connectivity index (χ4v) is 2.79. The van der Waals surface area contributed by atoms with Crippen molar-refractivity contribution in [1.82, 2.24) is 9.78 Å². The van der Waals surface area contributed by atoms with E-state index in [9.17, 15) is 4.79 Å². The first-order chi connectivity index (χ1) is 10.5. The Balaban J connectivity index is 2.22. The summed E-state index contributed by atoms with van der Waals surface area (Å²) in [5.74, 6) is 0. The quantitative estimate of drug-likeness (QED) is 0.659. The van der Waals surface area contributed by atoms with Crippen molar-refractivity contribution in [3.8, 4) is 22.4 Å². The molecule has 0 aliphatic rings. The Labute approximate surface area is 141 Å². The smallest absolute Gasteiger partial charge is 0.215 e. The van der Waals surface area contributed by atoms with Crippen molar-refractivity contribution >= 4 is 27.5 Å². The summed E-state index contributed by atoms with van der Waals surface area (Å²) in [5, 5.41) is 4.99. The van der Waals surface area contributed by atoms with Gasteiger partial charge >= 0.3 is 0 Å². The molecule has 0 aliphatic heterocycles. The maximum atomic E-state index is 12.8. The first-order valence-electron chi connectivity index (χ1n) is 6.64. The van der Waals surface area contributed by atoms with Crippen LogP contribution in [0, 0.1) is 0 Å². The molecule has 3 aromatic rings. The van der Waals surface area contributed by atoms with Gasteiger partial charge in [0.1, 0.15) is 5.69 Å².